The molecule has 0 unspecified atom stereocenters. The zero-order chi connectivity index (χ0) is 15.2. The molecule has 2 aromatic rings. The van der Waals surface area contributed by atoms with Crippen LogP contribution in [-0.4, -0.2) is 14.2 Å². The van der Waals surface area contributed by atoms with E-state index in [1.807, 2.05) is 25.1 Å². The SMILES string of the molecule is Cc1ccc2c(c1)C(=O)c1cc(S(=O)(=O)Cl)ccc1CC2. The maximum atomic E-state index is 12.7. The lowest BCUT2D eigenvalue weighted by Gasteiger charge is -2.07. The summed E-state index contributed by atoms with van der Waals surface area (Å²) in [5.41, 5.74) is 3.95. The predicted octanol–water partition coefficient (Wildman–Crippen LogP) is 3.25. The van der Waals surface area contributed by atoms with Crippen LogP contribution in [0, 0.1) is 6.92 Å². The molecule has 0 spiro atoms. The summed E-state index contributed by atoms with van der Waals surface area (Å²) in [4.78, 5) is 12.7. The van der Waals surface area contributed by atoms with Crippen molar-refractivity contribution >= 4 is 25.5 Å². The van der Waals surface area contributed by atoms with E-state index >= 15 is 0 Å². The van der Waals surface area contributed by atoms with Crippen LogP contribution in [0.5, 0.6) is 0 Å². The van der Waals surface area contributed by atoms with E-state index in [9.17, 15) is 13.2 Å². The summed E-state index contributed by atoms with van der Waals surface area (Å²) in [7, 11) is 1.54. The normalized spacial score (nSPS) is 14.3. The van der Waals surface area contributed by atoms with Crippen LogP contribution >= 0.6 is 10.7 Å². The fourth-order valence-corrected chi connectivity index (χ4v) is 3.45. The van der Waals surface area contributed by atoms with Crippen LogP contribution in [0.2, 0.25) is 0 Å². The molecule has 0 saturated heterocycles. The fourth-order valence-electron chi connectivity index (χ4n) is 2.67. The summed E-state index contributed by atoms with van der Waals surface area (Å²) in [5, 5.41) is 0. The van der Waals surface area contributed by atoms with E-state index in [-0.39, 0.29) is 10.7 Å². The van der Waals surface area contributed by atoms with E-state index in [1.165, 1.54) is 12.1 Å². The molecule has 1 aliphatic rings. The van der Waals surface area contributed by atoms with Crippen LogP contribution in [0.1, 0.15) is 32.6 Å². The molecule has 0 atom stereocenters. The number of carbonyl (C=O) groups is 1. The molecule has 21 heavy (non-hydrogen) atoms. The molecular formula is C16H13ClO3S. The zero-order valence-electron chi connectivity index (χ0n) is 11.4. The van der Waals surface area contributed by atoms with Gasteiger partial charge in [0, 0.05) is 21.8 Å². The van der Waals surface area contributed by atoms with Gasteiger partial charge in [-0.1, -0.05) is 23.8 Å². The van der Waals surface area contributed by atoms with Gasteiger partial charge in [0.05, 0.1) is 4.90 Å². The number of hydrogen-bond acceptors (Lipinski definition) is 3. The number of halogens is 1. The summed E-state index contributed by atoms with van der Waals surface area (Å²) < 4.78 is 22.9. The molecule has 3 rings (SSSR count). The quantitative estimate of drug-likeness (QED) is 0.758. The Labute approximate surface area is 128 Å². The van der Waals surface area contributed by atoms with Crippen LogP contribution in [0.25, 0.3) is 0 Å². The van der Waals surface area contributed by atoms with E-state index in [0.717, 1.165) is 23.1 Å². The number of rotatable bonds is 1. The van der Waals surface area contributed by atoms with Crippen LogP contribution in [0.3, 0.4) is 0 Å². The molecule has 108 valence electrons. The highest BCUT2D eigenvalue weighted by molar-refractivity contribution is 8.13. The Hall–Kier alpha value is -1.65. The molecule has 0 heterocycles. The minimum atomic E-state index is -3.84. The number of aryl methyl sites for hydroxylation is 3. The summed E-state index contributed by atoms with van der Waals surface area (Å²) in [6.07, 6.45) is 1.47. The lowest BCUT2D eigenvalue weighted by atomic mass is 9.97. The standard InChI is InChI=1S/C16H13ClO3S/c1-10-2-3-11-4-5-12-6-7-13(21(17,19)20)9-15(12)16(18)14(11)8-10/h2-3,6-9H,4-5H2,1H3. The lowest BCUT2D eigenvalue weighted by Crippen LogP contribution is -2.06. The van der Waals surface area contributed by atoms with Crippen molar-refractivity contribution in [1.29, 1.82) is 0 Å². The highest BCUT2D eigenvalue weighted by Gasteiger charge is 2.23. The smallest absolute Gasteiger partial charge is 0.261 e. The maximum Gasteiger partial charge on any atom is 0.261 e. The second-order valence-corrected chi connectivity index (χ2v) is 7.81. The van der Waals surface area contributed by atoms with Crippen molar-refractivity contribution in [1.82, 2.24) is 0 Å². The van der Waals surface area contributed by atoms with Crippen molar-refractivity contribution < 1.29 is 13.2 Å². The van der Waals surface area contributed by atoms with Crippen LogP contribution in [0.15, 0.2) is 41.3 Å². The molecule has 1 aliphatic carbocycles. The second-order valence-electron chi connectivity index (χ2n) is 5.25. The molecular weight excluding hydrogens is 308 g/mol. The summed E-state index contributed by atoms with van der Waals surface area (Å²) >= 11 is 0. The average molecular weight is 321 g/mol. The number of fused-ring (bicyclic) bond motifs is 2. The molecule has 0 aliphatic heterocycles. The van der Waals surface area contributed by atoms with E-state index in [4.69, 9.17) is 10.7 Å². The monoisotopic (exact) mass is 320 g/mol. The Balaban J connectivity index is 2.21. The van der Waals surface area contributed by atoms with Gasteiger partial charge in [-0.05, 0) is 49.1 Å². The Morgan fingerprint density at radius 2 is 1.52 bits per heavy atom. The van der Waals surface area contributed by atoms with Gasteiger partial charge in [0.2, 0.25) is 0 Å². The van der Waals surface area contributed by atoms with Crippen LogP contribution < -0.4 is 0 Å². The molecule has 0 amide bonds. The Morgan fingerprint density at radius 1 is 0.952 bits per heavy atom. The first-order chi connectivity index (χ1) is 9.86. The minimum absolute atomic E-state index is 0.0348. The van der Waals surface area contributed by atoms with Gasteiger partial charge in [-0.15, -0.1) is 0 Å². The van der Waals surface area contributed by atoms with Gasteiger partial charge >= 0.3 is 0 Å². The van der Waals surface area contributed by atoms with Crippen molar-refractivity contribution in [3.63, 3.8) is 0 Å². The number of hydrogen-bond donors (Lipinski definition) is 0. The minimum Gasteiger partial charge on any atom is -0.289 e. The molecule has 3 nitrogen and oxygen atoms in total. The number of benzene rings is 2. The van der Waals surface area contributed by atoms with E-state index in [1.54, 1.807) is 6.07 Å². The van der Waals surface area contributed by atoms with Crippen molar-refractivity contribution in [3.05, 3.63) is 64.2 Å². The highest BCUT2D eigenvalue weighted by atomic mass is 35.7. The van der Waals surface area contributed by atoms with Gasteiger partial charge in [-0.3, -0.25) is 4.79 Å². The van der Waals surface area contributed by atoms with Crippen molar-refractivity contribution in [2.24, 2.45) is 0 Å². The van der Waals surface area contributed by atoms with Gasteiger partial charge in [0.15, 0.2) is 5.78 Å². The topological polar surface area (TPSA) is 51.2 Å². The highest BCUT2D eigenvalue weighted by Crippen LogP contribution is 2.28. The Kier molecular flexibility index (Phi) is 3.38. The zero-order valence-corrected chi connectivity index (χ0v) is 13.0. The van der Waals surface area contributed by atoms with Gasteiger partial charge in [-0.2, -0.15) is 0 Å². The van der Waals surface area contributed by atoms with Gasteiger partial charge in [0.25, 0.3) is 9.05 Å². The third kappa shape index (κ3) is 2.61. The predicted molar refractivity (Wildman–Crippen MR) is 81.5 cm³/mol. The first-order valence-corrected chi connectivity index (χ1v) is 8.89. The summed E-state index contributed by atoms with van der Waals surface area (Å²) in [6, 6.07) is 10.3. The van der Waals surface area contributed by atoms with Crippen molar-refractivity contribution in [3.8, 4) is 0 Å². The fraction of sp³-hybridized carbons (Fsp3) is 0.188. The summed E-state index contributed by atoms with van der Waals surface area (Å²) in [6.45, 7) is 1.93. The molecule has 2 aromatic carbocycles. The first kappa shape index (κ1) is 14.3. The third-order valence-corrected chi connectivity index (χ3v) is 5.13. The van der Waals surface area contributed by atoms with E-state index in [2.05, 4.69) is 0 Å². The molecule has 0 N–H and O–H groups in total. The summed E-state index contributed by atoms with van der Waals surface area (Å²) in [5.74, 6) is -0.136. The molecule has 0 fully saturated rings. The Morgan fingerprint density at radius 3 is 2.14 bits per heavy atom. The van der Waals surface area contributed by atoms with Crippen molar-refractivity contribution in [2.45, 2.75) is 24.7 Å². The molecule has 0 bridgehead atoms. The lowest BCUT2D eigenvalue weighted by molar-refractivity contribution is 0.103. The van der Waals surface area contributed by atoms with Crippen LogP contribution in [0.4, 0.5) is 0 Å². The average Bonchev–Trinajstić information content (AvgIpc) is 2.56. The van der Waals surface area contributed by atoms with Gasteiger partial charge in [0.1, 0.15) is 0 Å². The number of ketones is 1. The largest absolute Gasteiger partial charge is 0.289 e. The maximum absolute atomic E-state index is 12.7. The Bertz CT molecular complexity index is 854. The first-order valence-electron chi connectivity index (χ1n) is 6.58. The molecule has 0 aromatic heterocycles. The van der Waals surface area contributed by atoms with E-state index < -0.39 is 9.05 Å². The molecule has 5 heteroatoms. The van der Waals surface area contributed by atoms with Gasteiger partial charge in [-0.25, -0.2) is 8.42 Å². The second kappa shape index (κ2) is 4.97. The molecule has 0 radical (unpaired) electrons. The van der Waals surface area contributed by atoms with Crippen molar-refractivity contribution in [2.75, 3.05) is 0 Å². The van der Waals surface area contributed by atoms with E-state index in [0.29, 0.717) is 17.5 Å². The van der Waals surface area contributed by atoms with Gasteiger partial charge < -0.3 is 0 Å². The molecule has 0 saturated carbocycles. The third-order valence-electron chi connectivity index (χ3n) is 3.78. The van der Waals surface area contributed by atoms with Crippen LogP contribution in [-0.2, 0) is 21.9 Å². The number of carbonyl (C=O) groups excluding carboxylic acids is 1.